The normalized spacial score (nSPS) is 30.4. The lowest BCUT2D eigenvalue weighted by molar-refractivity contribution is 0.349. The molecule has 2 heterocycles. The van der Waals surface area contributed by atoms with Gasteiger partial charge in [0.2, 0.25) is 0 Å². The van der Waals surface area contributed by atoms with Gasteiger partial charge < -0.3 is 10.6 Å². The number of thiophene rings is 1. The summed E-state index contributed by atoms with van der Waals surface area (Å²) in [6.07, 6.45) is 0. The molecular weight excluding hydrogens is 168 g/mol. The number of rotatable bonds is 1. The van der Waals surface area contributed by atoms with Gasteiger partial charge in [-0.05, 0) is 18.4 Å². The summed E-state index contributed by atoms with van der Waals surface area (Å²) in [6, 6.07) is 5.38. The largest absolute Gasteiger partial charge is 0.311 e. The van der Waals surface area contributed by atoms with Crippen LogP contribution in [0, 0.1) is 0 Å². The Balaban J connectivity index is 2.11. The molecule has 0 saturated carbocycles. The molecule has 1 aliphatic heterocycles. The van der Waals surface area contributed by atoms with Crippen molar-refractivity contribution < 1.29 is 0 Å². The Kier molecular flexibility index (Phi) is 2.44. The van der Waals surface area contributed by atoms with E-state index >= 15 is 0 Å². The standard InChI is InChI=1S/C9H14N2S/c1-7-9(11-5-4-10-7)8-3-2-6-12-8/h2-3,6-7,9-11H,4-5H2,1H3. The van der Waals surface area contributed by atoms with Crippen molar-refractivity contribution in [3.63, 3.8) is 0 Å². The molecule has 1 aromatic heterocycles. The summed E-state index contributed by atoms with van der Waals surface area (Å²) in [4.78, 5) is 1.44. The zero-order valence-electron chi connectivity index (χ0n) is 7.21. The molecule has 2 N–H and O–H groups in total. The first-order valence-corrected chi connectivity index (χ1v) is 5.26. The van der Waals surface area contributed by atoms with Crippen molar-refractivity contribution in [3.8, 4) is 0 Å². The molecule has 66 valence electrons. The van der Waals surface area contributed by atoms with Gasteiger partial charge in [-0.2, -0.15) is 0 Å². The van der Waals surface area contributed by atoms with E-state index in [1.807, 2.05) is 11.3 Å². The van der Waals surface area contributed by atoms with Gasteiger partial charge in [0.05, 0.1) is 6.04 Å². The third kappa shape index (κ3) is 1.53. The summed E-state index contributed by atoms with van der Waals surface area (Å²) in [5.74, 6) is 0. The maximum Gasteiger partial charge on any atom is 0.0568 e. The Labute approximate surface area is 77.0 Å². The minimum Gasteiger partial charge on any atom is -0.311 e. The lowest BCUT2D eigenvalue weighted by atomic mass is 10.1. The third-order valence-corrected chi connectivity index (χ3v) is 3.26. The summed E-state index contributed by atoms with van der Waals surface area (Å²) in [7, 11) is 0. The number of piperazine rings is 1. The molecule has 2 unspecified atom stereocenters. The fraction of sp³-hybridized carbons (Fsp3) is 0.556. The van der Waals surface area contributed by atoms with Crippen LogP contribution < -0.4 is 10.6 Å². The average Bonchev–Trinajstić information content (AvgIpc) is 2.57. The Morgan fingerprint density at radius 1 is 1.42 bits per heavy atom. The Morgan fingerprint density at radius 3 is 2.92 bits per heavy atom. The minimum absolute atomic E-state index is 0.513. The Bertz CT molecular complexity index is 233. The fourth-order valence-corrected chi connectivity index (χ4v) is 2.54. The molecule has 1 aliphatic rings. The molecule has 0 aromatic carbocycles. The number of hydrogen-bond acceptors (Lipinski definition) is 3. The van der Waals surface area contributed by atoms with E-state index in [1.165, 1.54) is 4.88 Å². The van der Waals surface area contributed by atoms with E-state index in [0.717, 1.165) is 13.1 Å². The van der Waals surface area contributed by atoms with E-state index in [2.05, 4.69) is 35.1 Å². The van der Waals surface area contributed by atoms with Crippen molar-refractivity contribution in [2.75, 3.05) is 13.1 Å². The average molecular weight is 182 g/mol. The third-order valence-electron chi connectivity index (χ3n) is 2.31. The molecule has 0 bridgehead atoms. The highest BCUT2D eigenvalue weighted by Gasteiger charge is 2.21. The number of hydrogen-bond donors (Lipinski definition) is 2. The van der Waals surface area contributed by atoms with Crippen molar-refractivity contribution >= 4 is 11.3 Å². The lowest BCUT2D eigenvalue weighted by Crippen LogP contribution is -2.48. The second kappa shape index (κ2) is 3.56. The lowest BCUT2D eigenvalue weighted by Gasteiger charge is -2.30. The van der Waals surface area contributed by atoms with Gasteiger partial charge in [0.25, 0.3) is 0 Å². The van der Waals surface area contributed by atoms with Gasteiger partial charge in [0.15, 0.2) is 0 Å². The predicted octanol–water partition coefficient (Wildman–Crippen LogP) is 1.37. The highest BCUT2D eigenvalue weighted by Crippen LogP contribution is 2.22. The Hall–Kier alpha value is -0.380. The first-order valence-electron chi connectivity index (χ1n) is 4.38. The van der Waals surface area contributed by atoms with Gasteiger partial charge in [0, 0.05) is 24.0 Å². The first-order chi connectivity index (χ1) is 5.88. The van der Waals surface area contributed by atoms with Crippen molar-refractivity contribution in [1.82, 2.24) is 10.6 Å². The van der Waals surface area contributed by atoms with E-state index in [0.29, 0.717) is 12.1 Å². The van der Waals surface area contributed by atoms with E-state index in [4.69, 9.17) is 0 Å². The van der Waals surface area contributed by atoms with Crippen LogP contribution >= 0.6 is 11.3 Å². The molecule has 2 nitrogen and oxygen atoms in total. The van der Waals surface area contributed by atoms with E-state index in [9.17, 15) is 0 Å². The van der Waals surface area contributed by atoms with Crippen molar-refractivity contribution in [3.05, 3.63) is 22.4 Å². The molecule has 1 saturated heterocycles. The number of nitrogens with one attached hydrogen (secondary N) is 2. The topological polar surface area (TPSA) is 24.1 Å². The summed E-state index contributed by atoms with van der Waals surface area (Å²) >= 11 is 1.83. The van der Waals surface area contributed by atoms with Gasteiger partial charge in [0.1, 0.15) is 0 Å². The van der Waals surface area contributed by atoms with Gasteiger partial charge in [-0.3, -0.25) is 0 Å². The minimum atomic E-state index is 0.513. The van der Waals surface area contributed by atoms with Crippen molar-refractivity contribution in [2.45, 2.75) is 19.0 Å². The van der Waals surface area contributed by atoms with Crippen LogP contribution in [0.1, 0.15) is 17.8 Å². The van der Waals surface area contributed by atoms with Gasteiger partial charge >= 0.3 is 0 Å². The van der Waals surface area contributed by atoms with Crippen LogP contribution in [-0.4, -0.2) is 19.1 Å². The first kappa shape index (κ1) is 8.23. The van der Waals surface area contributed by atoms with Crippen molar-refractivity contribution in [1.29, 1.82) is 0 Å². The highest BCUT2D eigenvalue weighted by atomic mass is 32.1. The summed E-state index contributed by atoms with van der Waals surface area (Å²) in [5.41, 5.74) is 0. The second-order valence-corrected chi connectivity index (χ2v) is 4.17. The zero-order chi connectivity index (χ0) is 8.39. The molecular formula is C9H14N2S. The fourth-order valence-electron chi connectivity index (χ4n) is 1.64. The molecule has 2 rings (SSSR count). The second-order valence-electron chi connectivity index (χ2n) is 3.19. The SMILES string of the molecule is CC1NCCNC1c1cccs1. The van der Waals surface area contributed by atoms with Crippen LogP contribution in [0.2, 0.25) is 0 Å². The van der Waals surface area contributed by atoms with Crippen LogP contribution in [0.15, 0.2) is 17.5 Å². The molecule has 1 fully saturated rings. The quantitative estimate of drug-likeness (QED) is 0.685. The molecule has 2 atom stereocenters. The zero-order valence-corrected chi connectivity index (χ0v) is 8.03. The maximum atomic E-state index is 3.52. The Morgan fingerprint density at radius 2 is 2.25 bits per heavy atom. The molecule has 0 amide bonds. The molecule has 0 spiro atoms. The van der Waals surface area contributed by atoms with Crippen LogP contribution in [0.5, 0.6) is 0 Å². The smallest absolute Gasteiger partial charge is 0.0568 e. The molecule has 0 aliphatic carbocycles. The van der Waals surface area contributed by atoms with Crippen LogP contribution in [0.3, 0.4) is 0 Å². The maximum absolute atomic E-state index is 3.52. The predicted molar refractivity (Wildman–Crippen MR) is 52.5 cm³/mol. The summed E-state index contributed by atoms with van der Waals surface area (Å²) in [5, 5.41) is 9.12. The van der Waals surface area contributed by atoms with E-state index in [1.54, 1.807) is 0 Å². The summed E-state index contributed by atoms with van der Waals surface area (Å²) in [6.45, 7) is 4.40. The van der Waals surface area contributed by atoms with Gasteiger partial charge in [-0.1, -0.05) is 6.07 Å². The van der Waals surface area contributed by atoms with Crippen LogP contribution in [-0.2, 0) is 0 Å². The molecule has 0 radical (unpaired) electrons. The highest BCUT2D eigenvalue weighted by molar-refractivity contribution is 7.10. The van der Waals surface area contributed by atoms with E-state index < -0.39 is 0 Å². The molecule has 3 heteroatoms. The van der Waals surface area contributed by atoms with E-state index in [-0.39, 0.29) is 0 Å². The summed E-state index contributed by atoms with van der Waals surface area (Å²) < 4.78 is 0. The monoisotopic (exact) mass is 182 g/mol. The van der Waals surface area contributed by atoms with Crippen LogP contribution in [0.4, 0.5) is 0 Å². The van der Waals surface area contributed by atoms with Crippen LogP contribution in [0.25, 0.3) is 0 Å². The molecule has 12 heavy (non-hydrogen) atoms. The van der Waals surface area contributed by atoms with Gasteiger partial charge in [-0.25, -0.2) is 0 Å². The van der Waals surface area contributed by atoms with Gasteiger partial charge in [-0.15, -0.1) is 11.3 Å². The van der Waals surface area contributed by atoms with Crippen molar-refractivity contribution in [2.24, 2.45) is 0 Å². The molecule has 1 aromatic rings.